The minimum absolute atomic E-state index is 0.176. The van der Waals surface area contributed by atoms with Gasteiger partial charge in [0.25, 0.3) is 0 Å². The van der Waals surface area contributed by atoms with Crippen LogP contribution in [0.2, 0.25) is 0 Å². The summed E-state index contributed by atoms with van der Waals surface area (Å²) in [5, 5.41) is 2.47. The molecule has 0 radical (unpaired) electrons. The minimum atomic E-state index is -3.81. The van der Waals surface area contributed by atoms with Gasteiger partial charge in [-0.3, -0.25) is 13.9 Å². The van der Waals surface area contributed by atoms with E-state index in [0.717, 1.165) is 16.1 Å². The fourth-order valence-corrected chi connectivity index (χ4v) is 4.08. The second-order valence-electron chi connectivity index (χ2n) is 7.46. The zero-order valence-electron chi connectivity index (χ0n) is 18.3. The van der Waals surface area contributed by atoms with Gasteiger partial charge in [0.15, 0.2) is 0 Å². The van der Waals surface area contributed by atoms with Gasteiger partial charge < -0.3 is 10.2 Å². The number of likely N-dealkylation sites (N-methyl/N-ethyl adjacent to an activating group) is 1. The lowest BCUT2D eigenvalue weighted by molar-refractivity contribution is -0.139. The first-order chi connectivity index (χ1) is 14.5. The first kappa shape index (κ1) is 24.3. The average Bonchev–Trinajstić information content (AvgIpc) is 2.71. The largest absolute Gasteiger partial charge is 0.357 e. The number of carbonyl (C=O) groups excluding carboxylic acids is 2. The van der Waals surface area contributed by atoms with Crippen molar-refractivity contribution >= 4 is 27.5 Å². The number of hydrogen-bond donors (Lipinski definition) is 1. The van der Waals surface area contributed by atoms with Crippen LogP contribution in [0.15, 0.2) is 42.5 Å². The van der Waals surface area contributed by atoms with Crippen molar-refractivity contribution in [2.24, 2.45) is 0 Å². The number of halogens is 1. The van der Waals surface area contributed by atoms with Gasteiger partial charge in [-0.15, -0.1) is 0 Å². The van der Waals surface area contributed by atoms with E-state index in [-0.39, 0.29) is 12.1 Å². The third kappa shape index (κ3) is 6.04. The van der Waals surface area contributed by atoms with Crippen LogP contribution in [0, 0.1) is 19.7 Å². The van der Waals surface area contributed by atoms with E-state index in [2.05, 4.69) is 5.32 Å². The Morgan fingerprint density at radius 1 is 1.13 bits per heavy atom. The maximum Gasteiger partial charge on any atom is 0.244 e. The molecule has 2 aromatic carbocycles. The molecule has 2 rings (SSSR count). The third-order valence-electron chi connectivity index (χ3n) is 5.02. The number of sulfonamides is 1. The maximum atomic E-state index is 14.2. The molecular weight excluding hydrogens is 421 g/mol. The molecule has 0 spiro atoms. The Morgan fingerprint density at radius 3 is 2.35 bits per heavy atom. The number of aryl methyl sites for hydroxylation is 2. The van der Waals surface area contributed by atoms with Gasteiger partial charge in [-0.1, -0.05) is 30.3 Å². The molecule has 2 aromatic rings. The second kappa shape index (κ2) is 9.91. The molecule has 0 fully saturated rings. The Labute approximate surface area is 182 Å². The quantitative estimate of drug-likeness (QED) is 0.670. The Bertz CT molecular complexity index is 1070. The van der Waals surface area contributed by atoms with Crippen molar-refractivity contribution < 1.29 is 22.4 Å². The highest BCUT2D eigenvalue weighted by Gasteiger charge is 2.30. The standard InChI is InChI=1S/C22H28FN3O4S/c1-15-10-11-16(2)20(12-15)26(31(5,29)30)14-21(27)25(17(3)22(28)24-4)13-18-8-6-7-9-19(18)23/h6-12,17H,13-14H2,1-5H3,(H,24,28)/t17-/m0/s1. The van der Waals surface area contributed by atoms with Crippen LogP contribution in [0.4, 0.5) is 10.1 Å². The van der Waals surface area contributed by atoms with Crippen LogP contribution >= 0.6 is 0 Å². The number of carbonyl (C=O) groups is 2. The topological polar surface area (TPSA) is 86.8 Å². The van der Waals surface area contributed by atoms with E-state index in [1.165, 1.54) is 37.1 Å². The Hall–Kier alpha value is -2.94. The summed E-state index contributed by atoms with van der Waals surface area (Å²) in [6.45, 7) is 4.40. The molecule has 1 N–H and O–H groups in total. The molecule has 0 saturated carbocycles. The Balaban J connectivity index is 2.45. The summed E-state index contributed by atoms with van der Waals surface area (Å²) < 4.78 is 40.3. The summed E-state index contributed by atoms with van der Waals surface area (Å²) in [5.74, 6) is -1.58. The van der Waals surface area contributed by atoms with Gasteiger partial charge in [0, 0.05) is 19.2 Å². The van der Waals surface area contributed by atoms with Gasteiger partial charge in [0.05, 0.1) is 11.9 Å². The summed E-state index contributed by atoms with van der Waals surface area (Å²) >= 11 is 0. The van der Waals surface area contributed by atoms with E-state index in [0.29, 0.717) is 11.3 Å². The van der Waals surface area contributed by atoms with E-state index in [9.17, 15) is 22.4 Å². The van der Waals surface area contributed by atoms with Crippen molar-refractivity contribution in [3.63, 3.8) is 0 Å². The van der Waals surface area contributed by atoms with E-state index in [1.54, 1.807) is 25.1 Å². The van der Waals surface area contributed by atoms with Crippen molar-refractivity contribution in [2.75, 3.05) is 24.2 Å². The summed E-state index contributed by atoms with van der Waals surface area (Å²) in [6.07, 6.45) is 1.02. The third-order valence-corrected chi connectivity index (χ3v) is 6.15. The fourth-order valence-electron chi connectivity index (χ4n) is 3.18. The van der Waals surface area contributed by atoms with Crippen molar-refractivity contribution in [2.45, 2.75) is 33.4 Å². The molecule has 1 atom stereocenters. The van der Waals surface area contributed by atoms with Gasteiger partial charge >= 0.3 is 0 Å². The molecule has 9 heteroatoms. The zero-order valence-corrected chi connectivity index (χ0v) is 19.2. The molecule has 0 saturated heterocycles. The molecule has 0 aromatic heterocycles. The number of nitrogens with one attached hydrogen (secondary N) is 1. The fraction of sp³-hybridized carbons (Fsp3) is 0.364. The number of nitrogens with zero attached hydrogens (tertiary/aromatic N) is 2. The highest BCUT2D eigenvalue weighted by atomic mass is 32.2. The Kier molecular flexibility index (Phi) is 7.78. The predicted octanol–water partition coefficient (Wildman–Crippen LogP) is 2.37. The second-order valence-corrected chi connectivity index (χ2v) is 9.37. The number of benzene rings is 2. The van der Waals surface area contributed by atoms with E-state index in [1.807, 2.05) is 13.0 Å². The summed E-state index contributed by atoms with van der Waals surface area (Å²) in [5.41, 5.74) is 2.13. The van der Waals surface area contributed by atoms with Crippen molar-refractivity contribution in [1.29, 1.82) is 0 Å². The predicted molar refractivity (Wildman–Crippen MR) is 119 cm³/mol. The van der Waals surface area contributed by atoms with Crippen molar-refractivity contribution in [3.8, 4) is 0 Å². The highest BCUT2D eigenvalue weighted by Crippen LogP contribution is 2.24. The van der Waals surface area contributed by atoms with Crippen LogP contribution in [-0.2, 0) is 26.2 Å². The molecule has 0 aliphatic carbocycles. The normalized spacial score (nSPS) is 12.2. The number of hydrogen-bond acceptors (Lipinski definition) is 4. The van der Waals surface area contributed by atoms with Crippen LogP contribution in [0.5, 0.6) is 0 Å². The molecule has 168 valence electrons. The number of rotatable bonds is 8. The maximum absolute atomic E-state index is 14.2. The lowest BCUT2D eigenvalue weighted by Crippen LogP contribution is -2.50. The highest BCUT2D eigenvalue weighted by molar-refractivity contribution is 7.92. The molecule has 31 heavy (non-hydrogen) atoms. The van der Waals surface area contributed by atoms with Gasteiger partial charge in [-0.2, -0.15) is 0 Å². The van der Waals surface area contributed by atoms with Crippen LogP contribution in [0.3, 0.4) is 0 Å². The molecule has 2 amide bonds. The number of anilines is 1. The lowest BCUT2D eigenvalue weighted by Gasteiger charge is -2.31. The zero-order chi connectivity index (χ0) is 23.3. The summed E-state index contributed by atoms with van der Waals surface area (Å²) in [6, 6.07) is 10.3. The van der Waals surface area contributed by atoms with Crippen molar-refractivity contribution in [1.82, 2.24) is 10.2 Å². The van der Waals surface area contributed by atoms with E-state index < -0.39 is 40.2 Å². The van der Waals surface area contributed by atoms with Crippen LogP contribution in [0.1, 0.15) is 23.6 Å². The van der Waals surface area contributed by atoms with Crippen LogP contribution in [0.25, 0.3) is 0 Å². The SMILES string of the molecule is CNC(=O)[C@H](C)N(Cc1ccccc1F)C(=O)CN(c1cc(C)ccc1C)S(C)(=O)=O. The first-order valence-electron chi connectivity index (χ1n) is 9.75. The molecule has 0 unspecified atom stereocenters. The summed E-state index contributed by atoms with van der Waals surface area (Å²) in [4.78, 5) is 26.7. The average molecular weight is 450 g/mol. The Morgan fingerprint density at radius 2 is 1.77 bits per heavy atom. The lowest BCUT2D eigenvalue weighted by atomic mass is 10.1. The molecule has 0 aliphatic rings. The summed E-state index contributed by atoms with van der Waals surface area (Å²) in [7, 11) is -2.37. The van der Waals surface area contributed by atoms with Gasteiger partial charge in [-0.05, 0) is 44.0 Å². The molecule has 0 heterocycles. The molecule has 0 bridgehead atoms. The molecule has 7 nitrogen and oxygen atoms in total. The molecular formula is C22H28FN3O4S. The van der Waals surface area contributed by atoms with Gasteiger partial charge in [-0.25, -0.2) is 12.8 Å². The van der Waals surface area contributed by atoms with Crippen LogP contribution < -0.4 is 9.62 Å². The van der Waals surface area contributed by atoms with Gasteiger partial charge in [0.2, 0.25) is 21.8 Å². The van der Waals surface area contributed by atoms with Crippen molar-refractivity contribution in [3.05, 3.63) is 65.0 Å². The minimum Gasteiger partial charge on any atom is -0.357 e. The molecule has 0 aliphatic heterocycles. The smallest absolute Gasteiger partial charge is 0.244 e. The van der Waals surface area contributed by atoms with E-state index >= 15 is 0 Å². The van der Waals surface area contributed by atoms with Gasteiger partial charge in [0.1, 0.15) is 18.4 Å². The monoisotopic (exact) mass is 449 g/mol. The first-order valence-corrected chi connectivity index (χ1v) is 11.6. The van der Waals surface area contributed by atoms with E-state index in [4.69, 9.17) is 0 Å². The number of amides is 2. The van der Waals surface area contributed by atoms with Crippen LogP contribution in [-0.4, -0.2) is 51.0 Å².